The smallest absolute Gasteiger partial charge is 0.416 e. The lowest BCUT2D eigenvalue weighted by Crippen LogP contribution is -2.17. The summed E-state index contributed by atoms with van der Waals surface area (Å²) in [5.74, 6) is -0.233. The van der Waals surface area contributed by atoms with Gasteiger partial charge in [0.05, 0.1) is 17.1 Å². The average molecular weight is 635 g/mol. The number of hydrogen-bond donors (Lipinski definition) is 1. The van der Waals surface area contributed by atoms with Crippen LogP contribution in [0.3, 0.4) is 0 Å². The molecule has 1 fully saturated rings. The van der Waals surface area contributed by atoms with Gasteiger partial charge < -0.3 is 14.0 Å². The minimum Gasteiger partial charge on any atom is -0.493 e. The average Bonchev–Trinajstić information content (AvgIpc) is 3.46. The Kier molecular flexibility index (Phi) is 8.80. The molecule has 13 heteroatoms. The second-order valence-electron chi connectivity index (χ2n) is 9.64. The standard InChI is InChI=1S/C30H24F5N2O4PS/c31-29(32,33)20-13-21(30(34,35)42)15-24(14-20)40-10-4-9-37-22(16-26-27(38)36-28(39)43-26)11-19-12-23(7-8-25(19)37)41-17-18-5-2-1-3-6-18/h1-3,5-8,11-16H,4,9-10,17,42H2,(H,36,38,39)/b26-16+. The van der Waals surface area contributed by atoms with E-state index in [0.29, 0.717) is 36.7 Å². The van der Waals surface area contributed by atoms with Crippen molar-refractivity contribution in [3.05, 3.63) is 100 Å². The molecule has 0 saturated carbocycles. The van der Waals surface area contributed by atoms with Crippen LogP contribution in [0.4, 0.5) is 26.7 Å². The largest absolute Gasteiger partial charge is 0.493 e. The van der Waals surface area contributed by atoms with Crippen LogP contribution in [0, 0.1) is 0 Å². The van der Waals surface area contributed by atoms with E-state index in [1.54, 1.807) is 12.1 Å². The van der Waals surface area contributed by atoms with Crippen LogP contribution in [0.2, 0.25) is 0 Å². The predicted molar refractivity (Wildman–Crippen MR) is 157 cm³/mol. The molecule has 1 aromatic heterocycles. The number of nitrogens with one attached hydrogen (secondary N) is 1. The monoisotopic (exact) mass is 634 g/mol. The second kappa shape index (κ2) is 12.4. The van der Waals surface area contributed by atoms with Crippen molar-refractivity contribution in [2.45, 2.75) is 31.4 Å². The summed E-state index contributed by atoms with van der Waals surface area (Å²) in [7, 11) is 1.23. The van der Waals surface area contributed by atoms with Crippen LogP contribution in [0.5, 0.6) is 11.5 Å². The van der Waals surface area contributed by atoms with Gasteiger partial charge in [0.1, 0.15) is 18.1 Å². The van der Waals surface area contributed by atoms with Gasteiger partial charge in [-0.25, -0.2) is 0 Å². The molecule has 0 spiro atoms. The maximum absolute atomic E-state index is 13.8. The molecule has 3 aromatic carbocycles. The third kappa shape index (κ3) is 7.55. The van der Waals surface area contributed by atoms with E-state index < -0.39 is 34.1 Å². The van der Waals surface area contributed by atoms with Gasteiger partial charge in [0.2, 0.25) is 0 Å². The fourth-order valence-corrected chi connectivity index (χ4v) is 5.31. The van der Waals surface area contributed by atoms with Gasteiger partial charge in [-0.3, -0.25) is 14.9 Å². The molecule has 0 aliphatic carbocycles. The summed E-state index contributed by atoms with van der Waals surface area (Å²) in [6.45, 7) is 0.587. The molecule has 5 rings (SSSR count). The van der Waals surface area contributed by atoms with Crippen molar-refractivity contribution in [1.82, 2.24) is 9.88 Å². The SMILES string of the molecule is O=C1NC(=O)/C(=C\c2cc3cc(OCc4ccccc4)ccc3n2CCCOc2cc(C(F)(F)F)cc(C(F)(F)P)c2)S1. The van der Waals surface area contributed by atoms with Gasteiger partial charge in [0.15, 0.2) is 0 Å². The summed E-state index contributed by atoms with van der Waals surface area (Å²) in [5, 5.41) is 2.52. The first-order valence-electron chi connectivity index (χ1n) is 12.9. The van der Waals surface area contributed by atoms with E-state index in [1.165, 1.54) is 9.24 Å². The summed E-state index contributed by atoms with van der Waals surface area (Å²) in [5.41, 5.74) is -3.26. The molecule has 1 saturated heterocycles. The van der Waals surface area contributed by atoms with Gasteiger partial charge in [0, 0.05) is 28.7 Å². The fraction of sp³-hybridized carbons (Fsp3) is 0.200. The lowest BCUT2D eigenvalue weighted by molar-refractivity contribution is -0.137. The topological polar surface area (TPSA) is 69.6 Å². The first kappa shape index (κ1) is 30.6. The van der Waals surface area contributed by atoms with E-state index in [2.05, 4.69) is 5.32 Å². The highest BCUT2D eigenvalue weighted by Gasteiger charge is 2.35. The molecule has 1 aliphatic heterocycles. The molecule has 2 heterocycles. The number of nitrogens with zero attached hydrogens (tertiary/aromatic N) is 1. The van der Waals surface area contributed by atoms with Crippen molar-refractivity contribution in [3.63, 3.8) is 0 Å². The van der Waals surface area contributed by atoms with Crippen LogP contribution in [0.1, 0.15) is 28.8 Å². The van der Waals surface area contributed by atoms with E-state index in [4.69, 9.17) is 9.47 Å². The molecule has 224 valence electrons. The zero-order valence-corrected chi connectivity index (χ0v) is 24.3. The van der Waals surface area contributed by atoms with Crippen LogP contribution in [-0.2, 0) is 29.8 Å². The van der Waals surface area contributed by atoms with Crippen LogP contribution < -0.4 is 14.8 Å². The van der Waals surface area contributed by atoms with Crippen LogP contribution >= 0.6 is 21.0 Å². The molecule has 4 aromatic rings. The molecule has 1 aliphatic rings. The van der Waals surface area contributed by atoms with E-state index >= 15 is 0 Å². The Labute approximate surface area is 249 Å². The number of halogens is 5. The number of alkyl halides is 5. The Morgan fingerprint density at radius 3 is 2.30 bits per heavy atom. The summed E-state index contributed by atoms with van der Waals surface area (Å²) >= 11 is 0.772. The number of hydrogen-bond acceptors (Lipinski definition) is 5. The highest BCUT2D eigenvalue weighted by atomic mass is 32.2. The number of amides is 2. The number of carbonyl (C=O) groups is 2. The third-order valence-electron chi connectivity index (χ3n) is 6.49. The lowest BCUT2D eigenvalue weighted by Gasteiger charge is -2.17. The van der Waals surface area contributed by atoms with Crippen molar-refractivity contribution in [2.24, 2.45) is 0 Å². The van der Waals surface area contributed by atoms with Gasteiger partial charge in [0.25, 0.3) is 16.8 Å². The number of aryl methyl sites for hydroxylation is 1. The van der Waals surface area contributed by atoms with E-state index in [-0.39, 0.29) is 23.7 Å². The highest BCUT2D eigenvalue weighted by Crippen LogP contribution is 2.40. The van der Waals surface area contributed by atoms with Gasteiger partial charge in [-0.05, 0) is 72.3 Å². The van der Waals surface area contributed by atoms with Crippen LogP contribution in [0.15, 0.2) is 77.7 Å². The number of thioether (sulfide) groups is 1. The van der Waals surface area contributed by atoms with E-state index in [9.17, 15) is 31.5 Å². The molecule has 1 atom stereocenters. The van der Waals surface area contributed by atoms with Gasteiger partial charge in [-0.1, -0.05) is 39.6 Å². The maximum Gasteiger partial charge on any atom is 0.416 e. The minimum absolute atomic E-state index is 0.0785. The Balaban J connectivity index is 1.36. The molecule has 0 radical (unpaired) electrons. The molecular weight excluding hydrogens is 610 g/mol. The van der Waals surface area contributed by atoms with Crippen LogP contribution in [-0.4, -0.2) is 22.3 Å². The minimum atomic E-state index is -4.83. The first-order chi connectivity index (χ1) is 20.4. The summed E-state index contributed by atoms with van der Waals surface area (Å²) < 4.78 is 80.9. The Bertz CT molecular complexity index is 1670. The van der Waals surface area contributed by atoms with Gasteiger partial charge in [-0.15, -0.1) is 0 Å². The lowest BCUT2D eigenvalue weighted by atomic mass is 10.1. The van der Waals surface area contributed by atoms with Gasteiger partial charge in [-0.2, -0.15) is 22.0 Å². The molecule has 43 heavy (non-hydrogen) atoms. The quantitative estimate of drug-likeness (QED) is 0.0830. The van der Waals surface area contributed by atoms with Crippen molar-refractivity contribution >= 4 is 49.1 Å². The normalized spacial score (nSPS) is 14.9. The predicted octanol–water partition coefficient (Wildman–Crippen LogP) is 7.96. The van der Waals surface area contributed by atoms with E-state index in [1.807, 2.05) is 53.1 Å². The van der Waals surface area contributed by atoms with E-state index in [0.717, 1.165) is 34.3 Å². The number of imide groups is 1. The number of rotatable bonds is 10. The van der Waals surface area contributed by atoms with Crippen molar-refractivity contribution in [1.29, 1.82) is 0 Å². The first-order valence-corrected chi connectivity index (χ1v) is 14.3. The number of ether oxygens (including phenoxy) is 2. The third-order valence-corrected chi connectivity index (χ3v) is 7.63. The molecule has 0 bridgehead atoms. The molecular formula is C30H24F5N2O4PS. The van der Waals surface area contributed by atoms with Crippen molar-refractivity contribution in [3.8, 4) is 11.5 Å². The zero-order valence-electron chi connectivity index (χ0n) is 22.3. The zero-order chi connectivity index (χ0) is 30.8. The molecule has 6 nitrogen and oxygen atoms in total. The number of benzene rings is 3. The Morgan fingerprint density at radius 1 is 0.884 bits per heavy atom. The number of fused-ring (bicyclic) bond motifs is 1. The van der Waals surface area contributed by atoms with Crippen molar-refractivity contribution < 1.29 is 41.0 Å². The molecule has 1 N–H and O–H groups in total. The number of aromatic nitrogens is 1. The Morgan fingerprint density at radius 2 is 1.63 bits per heavy atom. The van der Waals surface area contributed by atoms with Gasteiger partial charge >= 0.3 is 6.18 Å². The maximum atomic E-state index is 13.8. The fourth-order valence-electron chi connectivity index (χ4n) is 4.48. The summed E-state index contributed by atoms with van der Waals surface area (Å²) in [6.07, 6.45) is -2.96. The highest BCUT2D eigenvalue weighted by molar-refractivity contribution is 8.18. The Hall–Kier alpha value is -3.89. The molecule has 2 amide bonds. The summed E-state index contributed by atoms with van der Waals surface area (Å²) in [4.78, 5) is 24.1. The van der Waals surface area contributed by atoms with Crippen LogP contribution in [0.25, 0.3) is 17.0 Å². The second-order valence-corrected chi connectivity index (χ2v) is 11.4. The molecule has 1 unspecified atom stereocenters. The van der Waals surface area contributed by atoms with Crippen molar-refractivity contribution in [2.75, 3.05) is 6.61 Å². The number of carbonyl (C=O) groups excluding carboxylic acids is 2. The summed E-state index contributed by atoms with van der Waals surface area (Å²) in [6, 6.07) is 18.9.